The Labute approximate surface area is 396 Å². The van der Waals surface area contributed by atoms with Crippen LogP contribution in [0.2, 0.25) is 0 Å². The van der Waals surface area contributed by atoms with Crippen LogP contribution in [0, 0.1) is 0 Å². The van der Waals surface area contributed by atoms with E-state index in [-0.39, 0.29) is 16.2 Å². The predicted octanol–water partition coefficient (Wildman–Crippen LogP) is 19.2. The molecule has 10 rings (SSSR count). The second-order valence-corrected chi connectivity index (χ2v) is 22.1. The van der Waals surface area contributed by atoms with Crippen molar-refractivity contribution in [2.45, 2.75) is 78.6 Å². The number of rotatable bonds is 7. The maximum Gasteiger partial charge on any atom is 0.0540 e. The van der Waals surface area contributed by atoms with E-state index >= 15 is 0 Å². The molecule has 0 aliphatic heterocycles. The summed E-state index contributed by atoms with van der Waals surface area (Å²) in [5.74, 6) is 0. The molecule has 1 nitrogen and oxygen atoms in total. The Balaban J connectivity index is 1.20. The monoisotopic (exact) mass is 873 g/mol. The summed E-state index contributed by atoms with van der Waals surface area (Å²) >= 11 is 1.87. The van der Waals surface area contributed by atoms with Gasteiger partial charge in [0.25, 0.3) is 0 Å². The van der Waals surface area contributed by atoms with Crippen molar-refractivity contribution in [3.05, 3.63) is 211 Å². The van der Waals surface area contributed by atoms with Gasteiger partial charge in [-0.2, -0.15) is 0 Å². The van der Waals surface area contributed by atoms with Crippen molar-refractivity contribution in [3.63, 3.8) is 0 Å². The van der Waals surface area contributed by atoms with Crippen LogP contribution in [0.15, 0.2) is 194 Å². The quantitative estimate of drug-likeness (QED) is 0.154. The summed E-state index contributed by atoms with van der Waals surface area (Å²) in [4.78, 5) is 2.49. The van der Waals surface area contributed by atoms with E-state index in [9.17, 15) is 0 Å². The summed E-state index contributed by atoms with van der Waals surface area (Å²) in [6.07, 6.45) is 0. The summed E-state index contributed by atoms with van der Waals surface area (Å²) in [5.41, 5.74) is 17.2. The number of nitrogens with zero attached hydrogens (tertiary/aromatic N) is 1. The Morgan fingerprint density at radius 3 is 1.44 bits per heavy atom. The van der Waals surface area contributed by atoms with Gasteiger partial charge in [-0.05, 0) is 113 Å². The summed E-state index contributed by atoms with van der Waals surface area (Å²) in [6, 6.07) is 72.9. The molecule has 326 valence electrons. The Morgan fingerprint density at radius 2 is 0.803 bits per heavy atom. The van der Waals surface area contributed by atoms with Crippen LogP contribution >= 0.6 is 11.3 Å². The standard InChI is InChI=1S/C64H59NS/c1-62(2,3)46-35-31-42(32-36-46)50-21-10-13-27-56(50)65(49-37-33-43(34-38-49)51-25-18-30-59-61(51)55-23-12-15-29-58(55)66-59)57-28-14-11-22-53(57)54-26-17-20-44-19-16-24-52(60(44)54)45-39-47(63(4,5)6)41-48(40-45)64(7,8)9/h10-41H,1-9H3. The minimum Gasteiger partial charge on any atom is -0.309 e. The van der Waals surface area contributed by atoms with E-state index in [1.54, 1.807) is 0 Å². The van der Waals surface area contributed by atoms with Crippen molar-refractivity contribution in [3.8, 4) is 44.5 Å². The summed E-state index contributed by atoms with van der Waals surface area (Å²) < 4.78 is 2.63. The van der Waals surface area contributed by atoms with E-state index in [0.717, 1.165) is 17.1 Å². The van der Waals surface area contributed by atoms with Gasteiger partial charge in [-0.25, -0.2) is 0 Å². The zero-order valence-corrected chi connectivity index (χ0v) is 40.6. The fourth-order valence-corrected chi connectivity index (χ4v) is 10.8. The molecular weight excluding hydrogens is 815 g/mol. The molecule has 0 bridgehead atoms. The molecule has 0 saturated carbocycles. The molecule has 0 radical (unpaired) electrons. The fourth-order valence-electron chi connectivity index (χ4n) is 9.63. The summed E-state index contributed by atoms with van der Waals surface area (Å²) in [5, 5.41) is 5.12. The third-order valence-electron chi connectivity index (χ3n) is 13.4. The average molecular weight is 874 g/mol. The van der Waals surface area contributed by atoms with Gasteiger partial charge < -0.3 is 4.90 Å². The minimum absolute atomic E-state index is 0.00343. The number of para-hydroxylation sites is 2. The number of anilines is 3. The number of hydrogen-bond acceptors (Lipinski definition) is 2. The molecule has 0 unspecified atom stereocenters. The minimum atomic E-state index is -0.00343. The van der Waals surface area contributed by atoms with Crippen LogP contribution in [0.5, 0.6) is 0 Å². The SMILES string of the molecule is CC(C)(C)c1ccc(-c2ccccc2N(c2ccc(-c3cccc4sc5ccccc5c34)cc2)c2ccccc2-c2cccc3cccc(-c4cc(C(C)(C)C)cc(C(C)(C)C)c4)c23)cc1. The summed E-state index contributed by atoms with van der Waals surface area (Å²) in [7, 11) is 0. The van der Waals surface area contributed by atoms with Crippen LogP contribution in [0.25, 0.3) is 75.5 Å². The molecule has 0 aliphatic carbocycles. The lowest BCUT2D eigenvalue weighted by atomic mass is 9.78. The second kappa shape index (κ2) is 16.6. The topological polar surface area (TPSA) is 3.24 Å². The van der Waals surface area contributed by atoms with Gasteiger partial charge in [0.1, 0.15) is 0 Å². The third kappa shape index (κ3) is 8.03. The summed E-state index contributed by atoms with van der Waals surface area (Å²) in [6.45, 7) is 20.8. The Morgan fingerprint density at radius 1 is 0.333 bits per heavy atom. The van der Waals surface area contributed by atoms with E-state index in [2.05, 4.69) is 261 Å². The Kier molecular flexibility index (Phi) is 10.9. The van der Waals surface area contributed by atoms with Crippen molar-refractivity contribution < 1.29 is 0 Å². The zero-order chi connectivity index (χ0) is 46.0. The molecule has 10 aromatic rings. The molecule has 0 amide bonds. The normalized spacial score (nSPS) is 12.3. The lowest BCUT2D eigenvalue weighted by Gasteiger charge is -2.30. The molecule has 0 atom stereocenters. The molecular formula is C64H59NS. The van der Waals surface area contributed by atoms with Gasteiger partial charge in [0.2, 0.25) is 0 Å². The van der Waals surface area contributed by atoms with Gasteiger partial charge in [-0.3, -0.25) is 0 Å². The first-order valence-corrected chi connectivity index (χ1v) is 24.2. The predicted molar refractivity (Wildman–Crippen MR) is 289 cm³/mol. The highest BCUT2D eigenvalue weighted by molar-refractivity contribution is 7.25. The smallest absolute Gasteiger partial charge is 0.0540 e. The van der Waals surface area contributed by atoms with Crippen molar-refractivity contribution in [2.24, 2.45) is 0 Å². The second-order valence-electron chi connectivity index (χ2n) is 21.0. The molecule has 2 heteroatoms. The van der Waals surface area contributed by atoms with Crippen molar-refractivity contribution in [1.82, 2.24) is 0 Å². The lowest BCUT2D eigenvalue weighted by Crippen LogP contribution is -2.16. The molecule has 0 N–H and O–H groups in total. The van der Waals surface area contributed by atoms with E-state index < -0.39 is 0 Å². The van der Waals surface area contributed by atoms with Gasteiger partial charge in [-0.15, -0.1) is 11.3 Å². The molecule has 1 aromatic heterocycles. The van der Waals surface area contributed by atoms with Gasteiger partial charge in [-0.1, -0.05) is 220 Å². The van der Waals surface area contributed by atoms with E-state index in [1.165, 1.54) is 92.1 Å². The van der Waals surface area contributed by atoms with Crippen LogP contribution in [0.3, 0.4) is 0 Å². The van der Waals surface area contributed by atoms with E-state index in [1.807, 2.05) is 11.3 Å². The molecule has 9 aromatic carbocycles. The third-order valence-corrected chi connectivity index (χ3v) is 14.5. The molecule has 1 heterocycles. The first-order valence-electron chi connectivity index (χ1n) is 23.4. The number of thiophene rings is 1. The van der Waals surface area contributed by atoms with Crippen LogP contribution in [0.4, 0.5) is 17.1 Å². The van der Waals surface area contributed by atoms with E-state index in [4.69, 9.17) is 0 Å². The number of fused-ring (bicyclic) bond motifs is 4. The van der Waals surface area contributed by atoms with Gasteiger partial charge in [0.05, 0.1) is 11.4 Å². The molecule has 66 heavy (non-hydrogen) atoms. The molecule has 0 aliphatic rings. The lowest BCUT2D eigenvalue weighted by molar-refractivity contribution is 0.569. The fraction of sp³-hybridized carbons (Fsp3) is 0.188. The maximum atomic E-state index is 2.49. The largest absolute Gasteiger partial charge is 0.309 e. The van der Waals surface area contributed by atoms with Gasteiger partial charge >= 0.3 is 0 Å². The van der Waals surface area contributed by atoms with Crippen LogP contribution < -0.4 is 4.90 Å². The van der Waals surface area contributed by atoms with Gasteiger partial charge in [0, 0.05) is 37.0 Å². The van der Waals surface area contributed by atoms with Crippen molar-refractivity contribution in [1.29, 1.82) is 0 Å². The van der Waals surface area contributed by atoms with Crippen molar-refractivity contribution >= 4 is 59.3 Å². The number of hydrogen-bond donors (Lipinski definition) is 0. The first-order chi connectivity index (χ1) is 31.6. The highest BCUT2D eigenvalue weighted by Crippen LogP contribution is 2.49. The number of benzene rings is 9. The molecule has 0 spiro atoms. The Hall–Kier alpha value is -6.74. The Bertz CT molecular complexity index is 3360. The van der Waals surface area contributed by atoms with E-state index in [0.29, 0.717) is 0 Å². The molecule has 0 fully saturated rings. The first kappa shape index (κ1) is 43.2. The maximum absolute atomic E-state index is 2.49. The average Bonchev–Trinajstić information content (AvgIpc) is 3.70. The van der Waals surface area contributed by atoms with Crippen LogP contribution in [-0.2, 0) is 16.2 Å². The zero-order valence-electron chi connectivity index (χ0n) is 39.8. The highest BCUT2D eigenvalue weighted by atomic mass is 32.1. The highest BCUT2D eigenvalue weighted by Gasteiger charge is 2.25. The van der Waals surface area contributed by atoms with Crippen LogP contribution in [-0.4, -0.2) is 0 Å². The molecule has 0 saturated heterocycles. The van der Waals surface area contributed by atoms with Crippen LogP contribution in [0.1, 0.15) is 79.0 Å². The van der Waals surface area contributed by atoms with Gasteiger partial charge in [0.15, 0.2) is 0 Å². The van der Waals surface area contributed by atoms with Crippen molar-refractivity contribution in [2.75, 3.05) is 4.90 Å².